The Morgan fingerprint density at radius 2 is 0.880 bits per heavy atom. The van der Waals surface area contributed by atoms with Crippen LogP contribution < -0.4 is 20.7 Å². The molecule has 0 saturated heterocycles. The number of fused-ring (bicyclic) bond motifs is 5. The molecule has 3 heterocycles. The average Bonchev–Trinajstić information content (AvgIpc) is 3.55. The molecule has 0 spiro atoms. The average molecular weight is 655 g/mol. The van der Waals surface area contributed by atoms with E-state index in [9.17, 15) is 0 Å². The van der Waals surface area contributed by atoms with Gasteiger partial charge in [-0.3, -0.25) is 0 Å². The maximum Gasteiger partial charge on any atom is 0.184 e. The van der Waals surface area contributed by atoms with Crippen LogP contribution in [0.25, 0.3) is 61.7 Å². The largest absolute Gasteiger partial charge is 0.309 e. The molecule has 9 aromatic rings. The van der Waals surface area contributed by atoms with Crippen molar-refractivity contribution in [3.05, 3.63) is 182 Å². The Morgan fingerprint density at radius 3 is 1.48 bits per heavy atom. The Morgan fingerprint density at radius 1 is 0.380 bits per heavy atom. The van der Waals surface area contributed by atoms with Crippen molar-refractivity contribution in [2.24, 2.45) is 0 Å². The Labute approximate surface area is 291 Å². The lowest BCUT2D eigenvalue weighted by atomic mass is 10.1. The standard InChI is InChI=1S/C45H30N4Si/c1-5-16-31(17-6-1)43-46-44(32-18-7-2-8-19-32)48-45(47-43)33-28-29-40-39(30-33)49-38-26-14-13-24-36(38)37-25-15-27-41(42(37)49)50(40,34-20-9-3-10-21-34)35-22-11-4-12-23-35/h1-30H. The van der Waals surface area contributed by atoms with Gasteiger partial charge in [0.25, 0.3) is 0 Å². The minimum absolute atomic E-state index is 0.652. The molecule has 0 aliphatic carbocycles. The van der Waals surface area contributed by atoms with E-state index in [0.29, 0.717) is 17.5 Å². The normalized spacial score (nSPS) is 13.0. The highest BCUT2D eigenvalue weighted by Gasteiger charge is 2.47. The maximum absolute atomic E-state index is 5.12. The van der Waals surface area contributed by atoms with Crippen LogP contribution in [0.4, 0.5) is 0 Å². The Kier molecular flexibility index (Phi) is 6.47. The monoisotopic (exact) mass is 654 g/mol. The lowest BCUT2D eigenvalue weighted by Gasteiger charge is -2.40. The number of para-hydroxylation sites is 2. The Balaban J connectivity index is 1.32. The second kappa shape index (κ2) is 11.3. The van der Waals surface area contributed by atoms with Crippen LogP contribution >= 0.6 is 0 Å². The summed E-state index contributed by atoms with van der Waals surface area (Å²) in [5.74, 6) is 1.96. The predicted molar refractivity (Wildman–Crippen MR) is 208 cm³/mol. The van der Waals surface area contributed by atoms with Crippen LogP contribution in [0.2, 0.25) is 0 Å². The van der Waals surface area contributed by atoms with Gasteiger partial charge in [0.15, 0.2) is 25.5 Å². The van der Waals surface area contributed by atoms with Gasteiger partial charge >= 0.3 is 0 Å². The number of rotatable bonds is 5. The van der Waals surface area contributed by atoms with E-state index in [1.165, 1.54) is 48.2 Å². The second-order valence-electron chi connectivity index (χ2n) is 12.8. The van der Waals surface area contributed by atoms with E-state index in [2.05, 4.69) is 150 Å². The highest BCUT2D eigenvalue weighted by molar-refractivity contribution is 7.21. The molecule has 0 fully saturated rings. The molecule has 0 bridgehead atoms. The van der Waals surface area contributed by atoms with E-state index in [4.69, 9.17) is 15.0 Å². The minimum Gasteiger partial charge on any atom is -0.309 e. The molecule has 5 heteroatoms. The summed E-state index contributed by atoms with van der Waals surface area (Å²) in [5.41, 5.74) is 6.52. The van der Waals surface area contributed by atoms with Crippen LogP contribution in [-0.2, 0) is 0 Å². The lowest BCUT2D eigenvalue weighted by Crippen LogP contribution is -2.76. The van der Waals surface area contributed by atoms with Crippen molar-refractivity contribution in [2.75, 3.05) is 0 Å². The zero-order chi connectivity index (χ0) is 33.1. The van der Waals surface area contributed by atoms with Gasteiger partial charge in [-0.2, -0.15) is 0 Å². The van der Waals surface area contributed by atoms with Gasteiger partial charge in [0.2, 0.25) is 0 Å². The van der Waals surface area contributed by atoms with E-state index in [1.54, 1.807) is 0 Å². The summed E-state index contributed by atoms with van der Waals surface area (Å²) in [7, 11) is -2.79. The molecule has 4 nitrogen and oxygen atoms in total. The van der Waals surface area contributed by atoms with E-state index in [1.807, 2.05) is 36.4 Å². The molecule has 10 rings (SSSR count). The van der Waals surface area contributed by atoms with Crippen LogP contribution in [0, 0.1) is 0 Å². The SMILES string of the molecule is c1ccc(-c2nc(-c3ccccc3)nc(-c3ccc4c(c3)-n3c5ccccc5c5cccc(c53)[Si]4(c3ccccc3)c3ccccc3)n2)cc1. The zero-order valence-corrected chi connectivity index (χ0v) is 28.1. The van der Waals surface area contributed by atoms with E-state index < -0.39 is 8.07 Å². The van der Waals surface area contributed by atoms with Crippen molar-refractivity contribution in [3.8, 4) is 39.9 Å². The van der Waals surface area contributed by atoms with Crippen molar-refractivity contribution in [2.45, 2.75) is 0 Å². The van der Waals surface area contributed by atoms with Crippen LogP contribution in [-0.4, -0.2) is 27.6 Å². The third-order valence-corrected chi connectivity index (χ3v) is 15.0. The first-order valence-corrected chi connectivity index (χ1v) is 19.0. The lowest BCUT2D eigenvalue weighted by molar-refractivity contribution is 1.07. The summed E-state index contributed by atoms with van der Waals surface area (Å²) in [5, 5.41) is 8.01. The molecular formula is C45H30N4Si. The summed E-state index contributed by atoms with van der Waals surface area (Å²) in [6.07, 6.45) is 0. The van der Waals surface area contributed by atoms with Crippen LogP contribution in [0.1, 0.15) is 0 Å². The number of nitrogens with zero attached hydrogens (tertiary/aromatic N) is 4. The van der Waals surface area contributed by atoms with E-state index >= 15 is 0 Å². The molecular weight excluding hydrogens is 625 g/mol. The Hall–Kier alpha value is -6.43. The van der Waals surface area contributed by atoms with Gasteiger partial charge in [-0.05, 0) is 32.9 Å². The maximum atomic E-state index is 5.12. The minimum atomic E-state index is -2.79. The Bertz CT molecular complexity index is 2590. The van der Waals surface area contributed by atoms with Crippen molar-refractivity contribution in [3.63, 3.8) is 0 Å². The summed E-state index contributed by atoms with van der Waals surface area (Å²) in [6.45, 7) is 0. The van der Waals surface area contributed by atoms with E-state index in [0.717, 1.165) is 16.7 Å². The molecule has 234 valence electrons. The van der Waals surface area contributed by atoms with Gasteiger partial charge in [-0.25, -0.2) is 15.0 Å². The van der Waals surface area contributed by atoms with Crippen molar-refractivity contribution < 1.29 is 0 Å². The number of hydrogen-bond acceptors (Lipinski definition) is 3. The molecule has 0 radical (unpaired) electrons. The second-order valence-corrected chi connectivity index (χ2v) is 16.5. The quantitative estimate of drug-likeness (QED) is 0.179. The topological polar surface area (TPSA) is 43.6 Å². The van der Waals surface area contributed by atoms with Gasteiger partial charge in [-0.15, -0.1) is 0 Å². The van der Waals surface area contributed by atoms with Crippen molar-refractivity contribution >= 4 is 50.6 Å². The molecule has 1 aliphatic heterocycles. The van der Waals surface area contributed by atoms with Gasteiger partial charge in [0, 0.05) is 33.2 Å². The fourth-order valence-electron chi connectivity index (χ4n) is 7.99. The summed E-state index contributed by atoms with van der Waals surface area (Å²) >= 11 is 0. The third kappa shape index (κ3) is 4.20. The summed E-state index contributed by atoms with van der Waals surface area (Å²) in [4.78, 5) is 15.2. The molecule has 7 aromatic carbocycles. The van der Waals surface area contributed by atoms with Crippen molar-refractivity contribution in [1.82, 2.24) is 19.5 Å². The molecule has 2 aromatic heterocycles. The first kappa shape index (κ1) is 28.6. The molecule has 0 saturated carbocycles. The van der Waals surface area contributed by atoms with Crippen LogP contribution in [0.15, 0.2) is 182 Å². The molecule has 1 aliphatic rings. The first-order chi connectivity index (χ1) is 24.8. The summed E-state index contributed by atoms with van der Waals surface area (Å²) in [6, 6.07) is 65.3. The number of hydrogen-bond donors (Lipinski definition) is 0. The van der Waals surface area contributed by atoms with Crippen LogP contribution in [0.3, 0.4) is 0 Å². The number of aromatic nitrogens is 4. The zero-order valence-electron chi connectivity index (χ0n) is 27.1. The number of benzene rings is 7. The summed E-state index contributed by atoms with van der Waals surface area (Å²) < 4.78 is 2.49. The van der Waals surface area contributed by atoms with Crippen molar-refractivity contribution in [1.29, 1.82) is 0 Å². The first-order valence-electron chi connectivity index (χ1n) is 17.0. The molecule has 0 amide bonds. The third-order valence-electron chi connectivity index (χ3n) is 10.1. The molecule has 0 atom stereocenters. The van der Waals surface area contributed by atoms with Crippen LogP contribution in [0.5, 0.6) is 0 Å². The molecule has 50 heavy (non-hydrogen) atoms. The van der Waals surface area contributed by atoms with Gasteiger partial charge < -0.3 is 4.57 Å². The molecule has 0 unspecified atom stereocenters. The molecule has 0 N–H and O–H groups in total. The highest BCUT2D eigenvalue weighted by atomic mass is 28.3. The predicted octanol–water partition coefficient (Wildman–Crippen LogP) is 7.66. The highest BCUT2D eigenvalue weighted by Crippen LogP contribution is 2.36. The van der Waals surface area contributed by atoms with Gasteiger partial charge in [0.05, 0.1) is 11.0 Å². The fourth-order valence-corrected chi connectivity index (χ4v) is 13.1. The van der Waals surface area contributed by atoms with E-state index in [-0.39, 0.29) is 0 Å². The van der Waals surface area contributed by atoms with Gasteiger partial charge in [0.1, 0.15) is 0 Å². The van der Waals surface area contributed by atoms with Gasteiger partial charge in [-0.1, -0.05) is 170 Å². The fraction of sp³-hybridized carbons (Fsp3) is 0. The smallest absolute Gasteiger partial charge is 0.184 e.